The van der Waals surface area contributed by atoms with E-state index in [1.54, 1.807) is 27.3 Å². The van der Waals surface area contributed by atoms with Crippen molar-refractivity contribution in [3.05, 3.63) is 47.4 Å². The Bertz CT molecular complexity index is 801. The summed E-state index contributed by atoms with van der Waals surface area (Å²) in [6, 6.07) is 7.45. The number of aryl methyl sites for hydroxylation is 1. The number of carbonyl (C=O) groups is 1. The van der Waals surface area contributed by atoms with Crippen molar-refractivity contribution in [2.24, 2.45) is 4.99 Å². The third kappa shape index (κ3) is 5.94. The molecule has 3 N–H and O–H groups in total. The molecule has 8 heteroatoms. The molecule has 0 saturated carbocycles. The van der Waals surface area contributed by atoms with Crippen molar-refractivity contribution < 1.29 is 18.7 Å². The lowest BCUT2D eigenvalue weighted by atomic mass is 10.2. The topological polar surface area (TPSA) is 97.1 Å². The lowest BCUT2D eigenvalue weighted by molar-refractivity contribution is 0.0925. The maximum atomic E-state index is 12.0. The summed E-state index contributed by atoms with van der Waals surface area (Å²) in [5, 5.41) is 9.30. The van der Waals surface area contributed by atoms with Gasteiger partial charge < -0.3 is 29.8 Å². The van der Waals surface area contributed by atoms with Crippen LogP contribution in [0.25, 0.3) is 0 Å². The number of rotatable bonds is 9. The maximum Gasteiger partial charge on any atom is 0.287 e. The molecule has 1 heterocycles. The molecule has 1 amide bonds. The molecular formula is C20H28N4O4. The minimum absolute atomic E-state index is 0.198. The number of hydrogen-bond acceptors (Lipinski definition) is 5. The van der Waals surface area contributed by atoms with Crippen LogP contribution in [0.3, 0.4) is 0 Å². The summed E-state index contributed by atoms with van der Waals surface area (Å²) in [6.07, 6.45) is 2.26. The maximum absolute atomic E-state index is 12.0. The number of aliphatic imine (C=N–C) groups is 1. The summed E-state index contributed by atoms with van der Waals surface area (Å²) in [4.78, 5) is 16.2. The van der Waals surface area contributed by atoms with Gasteiger partial charge in [-0.1, -0.05) is 0 Å². The van der Waals surface area contributed by atoms with Crippen molar-refractivity contribution in [1.29, 1.82) is 0 Å². The molecule has 2 aromatic rings. The quantitative estimate of drug-likeness (QED) is 0.346. The molecular weight excluding hydrogens is 360 g/mol. The van der Waals surface area contributed by atoms with E-state index in [1.807, 2.05) is 25.1 Å². The highest BCUT2D eigenvalue weighted by Gasteiger charge is 2.11. The first-order valence-electron chi connectivity index (χ1n) is 9.06. The highest BCUT2D eigenvalue weighted by molar-refractivity contribution is 5.92. The van der Waals surface area contributed by atoms with E-state index in [0.717, 1.165) is 29.0 Å². The van der Waals surface area contributed by atoms with Gasteiger partial charge in [-0.2, -0.15) is 0 Å². The second-order valence-corrected chi connectivity index (χ2v) is 6.07. The first-order valence-corrected chi connectivity index (χ1v) is 9.06. The molecule has 0 aliphatic rings. The van der Waals surface area contributed by atoms with Crippen LogP contribution in [0.1, 0.15) is 28.1 Å². The number of benzene rings is 1. The van der Waals surface area contributed by atoms with E-state index in [1.165, 1.54) is 6.26 Å². The standard InChI is InChI=1S/C20H28N4O4/c1-14-8-11-28-18(14)19(25)22-9-5-10-23-20(21-2)24-13-15-6-7-16(26-3)12-17(15)27-4/h6-8,11-12H,5,9-10,13H2,1-4H3,(H,22,25)(H2,21,23,24). The van der Waals surface area contributed by atoms with Gasteiger partial charge in [-0.05, 0) is 31.5 Å². The average Bonchev–Trinajstić information content (AvgIpc) is 3.15. The Morgan fingerprint density at radius 2 is 1.89 bits per heavy atom. The van der Waals surface area contributed by atoms with E-state index >= 15 is 0 Å². The number of nitrogens with zero attached hydrogens (tertiary/aromatic N) is 1. The first kappa shape index (κ1) is 21.1. The van der Waals surface area contributed by atoms with Gasteiger partial charge in [-0.25, -0.2) is 0 Å². The van der Waals surface area contributed by atoms with Crippen molar-refractivity contribution in [2.45, 2.75) is 19.9 Å². The van der Waals surface area contributed by atoms with Gasteiger partial charge in [0.15, 0.2) is 11.7 Å². The third-order valence-corrected chi connectivity index (χ3v) is 4.16. The number of hydrogen-bond donors (Lipinski definition) is 3. The van der Waals surface area contributed by atoms with Gasteiger partial charge in [0.1, 0.15) is 11.5 Å². The summed E-state index contributed by atoms with van der Waals surface area (Å²) in [5.74, 6) is 2.33. The zero-order valence-electron chi connectivity index (χ0n) is 16.8. The fourth-order valence-corrected chi connectivity index (χ4v) is 2.58. The van der Waals surface area contributed by atoms with Gasteiger partial charge in [-0.3, -0.25) is 9.79 Å². The predicted octanol–water partition coefficient (Wildman–Crippen LogP) is 2.09. The van der Waals surface area contributed by atoms with Crippen molar-refractivity contribution in [1.82, 2.24) is 16.0 Å². The first-order chi connectivity index (χ1) is 13.6. The van der Waals surface area contributed by atoms with Crippen LogP contribution in [0.4, 0.5) is 0 Å². The predicted molar refractivity (Wildman–Crippen MR) is 108 cm³/mol. The summed E-state index contributed by atoms with van der Waals surface area (Å²) in [6.45, 7) is 3.60. The summed E-state index contributed by atoms with van der Waals surface area (Å²) >= 11 is 0. The number of carbonyl (C=O) groups excluding carboxylic acids is 1. The lowest BCUT2D eigenvalue weighted by Crippen LogP contribution is -2.38. The molecule has 152 valence electrons. The van der Waals surface area contributed by atoms with E-state index in [-0.39, 0.29) is 5.91 Å². The molecule has 0 radical (unpaired) electrons. The molecule has 8 nitrogen and oxygen atoms in total. The summed E-state index contributed by atoms with van der Waals surface area (Å²) in [7, 11) is 4.96. The largest absolute Gasteiger partial charge is 0.497 e. The Morgan fingerprint density at radius 3 is 2.54 bits per heavy atom. The summed E-state index contributed by atoms with van der Waals surface area (Å²) < 4.78 is 15.8. The minimum atomic E-state index is -0.198. The molecule has 0 aliphatic carbocycles. The molecule has 0 spiro atoms. The molecule has 0 bridgehead atoms. The monoisotopic (exact) mass is 388 g/mol. The normalized spacial score (nSPS) is 11.1. The highest BCUT2D eigenvalue weighted by atomic mass is 16.5. The Morgan fingerprint density at radius 1 is 1.11 bits per heavy atom. The molecule has 28 heavy (non-hydrogen) atoms. The molecule has 1 aromatic carbocycles. The molecule has 0 saturated heterocycles. The minimum Gasteiger partial charge on any atom is -0.497 e. The number of amides is 1. The van der Waals surface area contributed by atoms with Gasteiger partial charge in [0.25, 0.3) is 5.91 Å². The van der Waals surface area contributed by atoms with Gasteiger partial charge in [0.2, 0.25) is 0 Å². The average molecular weight is 388 g/mol. The van der Waals surface area contributed by atoms with Gasteiger partial charge in [-0.15, -0.1) is 0 Å². The molecule has 2 rings (SSSR count). The van der Waals surface area contributed by atoms with Crippen LogP contribution in [-0.2, 0) is 6.54 Å². The molecule has 0 fully saturated rings. The van der Waals surface area contributed by atoms with Gasteiger partial charge in [0.05, 0.1) is 20.5 Å². The van der Waals surface area contributed by atoms with E-state index < -0.39 is 0 Å². The van der Waals surface area contributed by atoms with Gasteiger partial charge >= 0.3 is 0 Å². The fourth-order valence-electron chi connectivity index (χ4n) is 2.58. The van der Waals surface area contributed by atoms with E-state index in [9.17, 15) is 4.79 Å². The number of guanidine groups is 1. The Kier molecular flexibility index (Phi) is 8.20. The van der Waals surface area contributed by atoms with Crippen molar-refractivity contribution in [3.63, 3.8) is 0 Å². The van der Waals surface area contributed by atoms with Gasteiger partial charge in [0, 0.05) is 43.9 Å². The molecule has 0 unspecified atom stereocenters. The zero-order valence-corrected chi connectivity index (χ0v) is 16.8. The number of methoxy groups -OCH3 is 2. The van der Waals surface area contributed by atoms with Crippen LogP contribution in [-0.4, -0.2) is 46.2 Å². The smallest absolute Gasteiger partial charge is 0.287 e. The Labute approximate surface area is 165 Å². The highest BCUT2D eigenvalue weighted by Crippen LogP contribution is 2.24. The fraction of sp³-hybridized carbons (Fsp3) is 0.400. The molecule has 0 aliphatic heterocycles. The Hall–Kier alpha value is -3.16. The van der Waals surface area contributed by atoms with Crippen LogP contribution in [0.15, 0.2) is 39.9 Å². The van der Waals surface area contributed by atoms with Crippen molar-refractivity contribution >= 4 is 11.9 Å². The van der Waals surface area contributed by atoms with Crippen molar-refractivity contribution in [3.8, 4) is 11.5 Å². The van der Waals surface area contributed by atoms with Crippen LogP contribution >= 0.6 is 0 Å². The Balaban J connectivity index is 1.72. The third-order valence-electron chi connectivity index (χ3n) is 4.16. The lowest BCUT2D eigenvalue weighted by Gasteiger charge is -2.14. The number of nitrogens with one attached hydrogen (secondary N) is 3. The van der Waals surface area contributed by atoms with Crippen molar-refractivity contribution in [2.75, 3.05) is 34.4 Å². The van der Waals surface area contributed by atoms with Crippen LogP contribution in [0, 0.1) is 6.92 Å². The summed E-state index contributed by atoms with van der Waals surface area (Å²) in [5.41, 5.74) is 1.82. The van der Waals surface area contributed by atoms with E-state index in [0.29, 0.717) is 31.4 Å². The van der Waals surface area contributed by atoms with E-state index in [2.05, 4.69) is 20.9 Å². The van der Waals surface area contributed by atoms with Crippen LogP contribution < -0.4 is 25.4 Å². The SMILES string of the molecule is CN=C(NCCCNC(=O)c1occc1C)NCc1ccc(OC)cc1OC. The second kappa shape index (κ2) is 10.9. The zero-order chi connectivity index (χ0) is 20.4. The van der Waals surface area contributed by atoms with Crippen LogP contribution in [0.5, 0.6) is 11.5 Å². The van der Waals surface area contributed by atoms with E-state index in [4.69, 9.17) is 13.9 Å². The number of furan rings is 1. The molecule has 1 aromatic heterocycles. The van der Waals surface area contributed by atoms with Crippen LogP contribution in [0.2, 0.25) is 0 Å². The second-order valence-electron chi connectivity index (χ2n) is 6.07. The molecule has 0 atom stereocenters. The number of ether oxygens (including phenoxy) is 2.